The van der Waals surface area contributed by atoms with Crippen molar-refractivity contribution >= 4 is 17.5 Å². The Bertz CT molecular complexity index is 1120. The van der Waals surface area contributed by atoms with E-state index < -0.39 is 0 Å². The third kappa shape index (κ3) is 4.56. The molecule has 2 amide bonds. The van der Waals surface area contributed by atoms with Crippen molar-refractivity contribution in [2.45, 2.75) is 45.1 Å². The number of hydrogen-bond acceptors (Lipinski definition) is 3. The molecule has 1 saturated heterocycles. The number of hydrogen-bond donors (Lipinski definition) is 1. The molecule has 0 atom stereocenters. The Balaban J connectivity index is 1.31. The van der Waals surface area contributed by atoms with E-state index >= 15 is 0 Å². The summed E-state index contributed by atoms with van der Waals surface area (Å²) in [7, 11) is 0. The van der Waals surface area contributed by atoms with Crippen LogP contribution in [0.3, 0.4) is 0 Å². The fourth-order valence-corrected chi connectivity index (χ4v) is 4.96. The minimum Gasteiger partial charge on any atom is -0.337 e. The number of imidazole rings is 1. The van der Waals surface area contributed by atoms with Crippen LogP contribution < -0.4 is 5.32 Å². The molecule has 0 spiro atoms. The Morgan fingerprint density at radius 2 is 1.55 bits per heavy atom. The van der Waals surface area contributed by atoms with Crippen LogP contribution in [0.15, 0.2) is 60.7 Å². The van der Waals surface area contributed by atoms with Gasteiger partial charge in [0.15, 0.2) is 0 Å². The third-order valence-corrected chi connectivity index (χ3v) is 6.80. The molecule has 0 radical (unpaired) electrons. The Morgan fingerprint density at radius 1 is 0.848 bits per heavy atom. The van der Waals surface area contributed by atoms with Gasteiger partial charge in [-0.25, -0.2) is 4.98 Å². The minimum atomic E-state index is -0.0757. The van der Waals surface area contributed by atoms with Gasteiger partial charge in [0.2, 0.25) is 5.91 Å². The van der Waals surface area contributed by atoms with E-state index in [9.17, 15) is 9.59 Å². The lowest BCUT2D eigenvalue weighted by atomic mass is 9.95. The summed E-state index contributed by atoms with van der Waals surface area (Å²) in [5.41, 5.74) is 3.54. The van der Waals surface area contributed by atoms with Gasteiger partial charge in [0.25, 0.3) is 5.91 Å². The van der Waals surface area contributed by atoms with Crippen LogP contribution in [0.2, 0.25) is 0 Å². The summed E-state index contributed by atoms with van der Waals surface area (Å²) >= 11 is 0. The SMILES string of the molecule is O=C(Nc1ccccc1)C1CCN(C(=O)c2nc(-c3ccccc3)n3c2CCCCC3)CC1. The number of anilines is 1. The van der Waals surface area contributed by atoms with Gasteiger partial charge in [-0.15, -0.1) is 0 Å². The number of likely N-dealkylation sites (tertiary alicyclic amines) is 1. The number of nitrogens with one attached hydrogen (secondary N) is 1. The number of para-hydroxylation sites is 1. The summed E-state index contributed by atoms with van der Waals surface area (Å²) in [4.78, 5) is 33.0. The lowest BCUT2D eigenvalue weighted by molar-refractivity contribution is -0.121. The number of benzene rings is 2. The summed E-state index contributed by atoms with van der Waals surface area (Å²) in [5, 5.41) is 3.00. The number of carbonyl (C=O) groups excluding carboxylic acids is 2. The van der Waals surface area contributed by atoms with Crippen LogP contribution in [0.5, 0.6) is 0 Å². The van der Waals surface area contributed by atoms with Gasteiger partial charge in [-0.05, 0) is 44.2 Å². The Kier molecular flexibility index (Phi) is 6.24. The van der Waals surface area contributed by atoms with Crippen LogP contribution in [0.4, 0.5) is 5.69 Å². The maximum atomic E-state index is 13.5. The number of carbonyl (C=O) groups is 2. The van der Waals surface area contributed by atoms with Crippen molar-refractivity contribution < 1.29 is 9.59 Å². The van der Waals surface area contributed by atoms with E-state index in [-0.39, 0.29) is 17.7 Å². The molecule has 1 aromatic heterocycles. The number of aromatic nitrogens is 2. The first-order chi connectivity index (χ1) is 16.2. The third-order valence-electron chi connectivity index (χ3n) is 6.80. The molecule has 3 aromatic rings. The van der Waals surface area contributed by atoms with Crippen LogP contribution in [0.25, 0.3) is 11.4 Å². The molecule has 6 nitrogen and oxygen atoms in total. The van der Waals surface area contributed by atoms with E-state index in [1.807, 2.05) is 53.4 Å². The van der Waals surface area contributed by atoms with Crippen molar-refractivity contribution in [1.29, 1.82) is 0 Å². The Hall–Kier alpha value is -3.41. The van der Waals surface area contributed by atoms with E-state index in [1.54, 1.807) is 0 Å². The van der Waals surface area contributed by atoms with Crippen molar-refractivity contribution in [3.63, 3.8) is 0 Å². The average Bonchev–Trinajstić information content (AvgIpc) is 3.05. The monoisotopic (exact) mass is 442 g/mol. The highest BCUT2D eigenvalue weighted by Gasteiger charge is 2.31. The molecule has 170 valence electrons. The molecule has 6 heteroatoms. The van der Waals surface area contributed by atoms with Crippen molar-refractivity contribution in [3.8, 4) is 11.4 Å². The van der Waals surface area contributed by atoms with Gasteiger partial charge in [-0.3, -0.25) is 9.59 Å². The topological polar surface area (TPSA) is 67.2 Å². The minimum absolute atomic E-state index is 0.00440. The van der Waals surface area contributed by atoms with Gasteiger partial charge in [-0.2, -0.15) is 0 Å². The Morgan fingerprint density at radius 3 is 2.27 bits per heavy atom. The summed E-state index contributed by atoms with van der Waals surface area (Å²) < 4.78 is 2.26. The zero-order valence-corrected chi connectivity index (χ0v) is 18.9. The quantitative estimate of drug-likeness (QED) is 0.633. The standard InChI is InChI=1S/C27H30N4O2/c32-26(28-22-12-6-2-7-13-22)21-15-18-30(19-16-21)27(33)24-23-14-8-3-9-17-31(23)25(29-24)20-10-4-1-5-11-20/h1-2,4-7,10-13,21H,3,8-9,14-19H2,(H,28,32). The van der Waals surface area contributed by atoms with Crippen molar-refractivity contribution in [2.24, 2.45) is 5.92 Å². The number of nitrogens with zero attached hydrogens (tertiary/aromatic N) is 3. The van der Waals surface area contributed by atoms with E-state index in [2.05, 4.69) is 22.0 Å². The number of piperidine rings is 1. The van der Waals surface area contributed by atoms with E-state index in [4.69, 9.17) is 4.98 Å². The summed E-state index contributed by atoms with van der Waals surface area (Å²) in [5.74, 6) is 0.862. The van der Waals surface area contributed by atoms with Gasteiger partial charge < -0.3 is 14.8 Å². The number of amides is 2. The highest BCUT2D eigenvalue weighted by molar-refractivity contribution is 5.95. The first-order valence-corrected chi connectivity index (χ1v) is 12.0. The molecule has 2 aromatic carbocycles. The fourth-order valence-electron chi connectivity index (χ4n) is 4.96. The smallest absolute Gasteiger partial charge is 0.274 e. The molecule has 1 fully saturated rings. The van der Waals surface area contributed by atoms with Crippen molar-refractivity contribution in [2.75, 3.05) is 18.4 Å². The maximum Gasteiger partial charge on any atom is 0.274 e. The van der Waals surface area contributed by atoms with Crippen molar-refractivity contribution in [3.05, 3.63) is 72.1 Å². The normalized spacial score (nSPS) is 16.7. The second-order valence-corrected chi connectivity index (χ2v) is 8.98. The second-order valence-electron chi connectivity index (χ2n) is 8.98. The zero-order valence-electron chi connectivity index (χ0n) is 18.9. The molecule has 2 aliphatic rings. The molecular weight excluding hydrogens is 412 g/mol. The largest absolute Gasteiger partial charge is 0.337 e. The van der Waals surface area contributed by atoms with E-state index in [0.29, 0.717) is 31.6 Å². The highest BCUT2D eigenvalue weighted by Crippen LogP contribution is 2.29. The summed E-state index contributed by atoms with van der Waals surface area (Å²) in [6.45, 7) is 2.07. The number of rotatable bonds is 4. The van der Waals surface area contributed by atoms with Crippen LogP contribution in [-0.2, 0) is 17.8 Å². The Labute approximate surface area is 194 Å². The molecule has 1 N–H and O–H groups in total. The molecule has 0 saturated carbocycles. The number of fused-ring (bicyclic) bond motifs is 1. The van der Waals surface area contributed by atoms with Gasteiger partial charge in [0.05, 0.1) is 5.69 Å². The zero-order chi connectivity index (χ0) is 22.6. The van der Waals surface area contributed by atoms with Crippen molar-refractivity contribution in [1.82, 2.24) is 14.5 Å². The first-order valence-electron chi connectivity index (χ1n) is 12.0. The molecule has 2 aliphatic heterocycles. The van der Waals surface area contributed by atoms with Crippen LogP contribution in [0, 0.1) is 5.92 Å². The highest BCUT2D eigenvalue weighted by atomic mass is 16.2. The summed E-state index contributed by atoms with van der Waals surface area (Å²) in [6.07, 6.45) is 5.60. The van der Waals surface area contributed by atoms with Crippen LogP contribution in [-0.4, -0.2) is 39.4 Å². The molecule has 0 bridgehead atoms. The first kappa shape index (κ1) is 21.4. The van der Waals surface area contributed by atoms with Crippen LogP contribution in [0.1, 0.15) is 48.3 Å². The van der Waals surface area contributed by atoms with Crippen LogP contribution >= 0.6 is 0 Å². The predicted molar refractivity (Wildman–Crippen MR) is 129 cm³/mol. The average molecular weight is 443 g/mol. The molecule has 3 heterocycles. The predicted octanol–water partition coefficient (Wildman–Crippen LogP) is 4.77. The fraction of sp³-hybridized carbons (Fsp3) is 0.370. The summed E-state index contributed by atoms with van der Waals surface area (Å²) in [6, 6.07) is 19.7. The molecule has 0 unspecified atom stereocenters. The lowest BCUT2D eigenvalue weighted by Crippen LogP contribution is -2.41. The molecule has 5 rings (SSSR count). The van der Waals surface area contributed by atoms with E-state index in [1.165, 1.54) is 6.42 Å². The van der Waals surface area contributed by atoms with Gasteiger partial charge >= 0.3 is 0 Å². The van der Waals surface area contributed by atoms with Gasteiger partial charge in [0, 0.05) is 36.8 Å². The molecule has 0 aliphatic carbocycles. The molecular formula is C27H30N4O2. The van der Waals surface area contributed by atoms with Gasteiger partial charge in [-0.1, -0.05) is 55.0 Å². The second kappa shape index (κ2) is 9.61. The maximum absolute atomic E-state index is 13.5. The van der Waals surface area contributed by atoms with E-state index in [0.717, 1.165) is 48.6 Å². The lowest BCUT2D eigenvalue weighted by Gasteiger charge is -2.31. The molecule has 33 heavy (non-hydrogen) atoms. The van der Waals surface area contributed by atoms with Gasteiger partial charge in [0.1, 0.15) is 11.5 Å².